The standard InChI is InChI=1S/C32H27N3O2/c36-31(35-20-18-32(37,19-21-35)26-14-8-3-9-15-26)25-16-17-27-28(22-25)34-30(24-12-6-2-7-13-24)29(33-27)23-10-4-1-5-11-23/h1-17,22,37H,18-21H2. The summed E-state index contributed by atoms with van der Waals surface area (Å²) in [6.45, 7) is 0.992. The molecule has 1 N–H and O–H groups in total. The monoisotopic (exact) mass is 485 g/mol. The number of aromatic nitrogens is 2. The van der Waals surface area contributed by atoms with E-state index in [9.17, 15) is 9.90 Å². The lowest BCUT2D eigenvalue weighted by Gasteiger charge is -2.38. The second-order valence-corrected chi connectivity index (χ2v) is 9.55. The predicted octanol–water partition coefficient (Wildman–Crippen LogP) is 6.09. The van der Waals surface area contributed by atoms with Gasteiger partial charge in [0.25, 0.3) is 5.91 Å². The van der Waals surface area contributed by atoms with Crippen LogP contribution in [0, 0.1) is 0 Å². The molecule has 1 aromatic heterocycles. The third-order valence-corrected chi connectivity index (χ3v) is 7.19. The van der Waals surface area contributed by atoms with Crippen molar-refractivity contribution in [3.05, 3.63) is 120 Å². The van der Waals surface area contributed by atoms with Crippen LogP contribution in [-0.2, 0) is 5.60 Å². The minimum absolute atomic E-state index is 0.0489. The number of likely N-dealkylation sites (tertiary alicyclic amines) is 1. The Hall–Kier alpha value is -4.35. The first-order chi connectivity index (χ1) is 18.1. The summed E-state index contributed by atoms with van der Waals surface area (Å²) in [6.07, 6.45) is 1.02. The van der Waals surface area contributed by atoms with Gasteiger partial charge in [-0.2, -0.15) is 0 Å². The molecule has 0 saturated carbocycles. The summed E-state index contributed by atoms with van der Waals surface area (Å²) in [5.74, 6) is -0.0489. The first kappa shape index (κ1) is 23.1. The smallest absolute Gasteiger partial charge is 0.253 e. The van der Waals surface area contributed by atoms with E-state index in [0.29, 0.717) is 37.0 Å². The summed E-state index contributed by atoms with van der Waals surface area (Å²) in [5, 5.41) is 11.2. The SMILES string of the molecule is O=C(c1ccc2nc(-c3ccccc3)c(-c3ccccc3)nc2c1)N1CCC(O)(c2ccccc2)CC1. The van der Waals surface area contributed by atoms with Crippen molar-refractivity contribution in [3.63, 3.8) is 0 Å². The van der Waals surface area contributed by atoms with E-state index < -0.39 is 5.60 Å². The van der Waals surface area contributed by atoms with Crippen molar-refractivity contribution in [1.82, 2.24) is 14.9 Å². The van der Waals surface area contributed by atoms with E-state index in [4.69, 9.17) is 9.97 Å². The summed E-state index contributed by atoms with van der Waals surface area (Å²) in [6, 6.07) is 35.3. The molecule has 0 atom stereocenters. The highest BCUT2D eigenvalue weighted by Gasteiger charge is 2.35. The highest BCUT2D eigenvalue weighted by atomic mass is 16.3. The number of amides is 1. The van der Waals surface area contributed by atoms with Crippen molar-refractivity contribution in [1.29, 1.82) is 0 Å². The second-order valence-electron chi connectivity index (χ2n) is 9.55. The average molecular weight is 486 g/mol. The molecule has 0 aliphatic carbocycles. The Morgan fingerprint density at radius 1 is 0.676 bits per heavy atom. The molecule has 1 aliphatic rings. The molecule has 0 radical (unpaired) electrons. The van der Waals surface area contributed by atoms with Gasteiger partial charge in [-0.15, -0.1) is 0 Å². The van der Waals surface area contributed by atoms with Gasteiger partial charge in [-0.05, 0) is 36.6 Å². The van der Waals surface area contributed by atoms with E-state index in [1.807, 2.05) is 114 Å². The second kappa shape index (κ2) is 9.60. The van der Waals surface area contributed by atoms with Crippen LogP contribution in [0.5, 0.6) is 0 Å². The van der Waals surface area contributed by atoms with Gasteiger partial charge in [0, 0.05) is 29.8 Å². The van der Waals surface area contributed by atoms with E-state index in [-0.39, 0.29) is 5.91 Å². The zero-order valence-electron chi connectivity index (χ0n) is 20.4. The van der Waals surface area contributed by atoms with Crippen LogP contribution in [0.1, 0.15) is 28.8 Å². The van der Waals surface area contributed by atoms with E-state index in [2.05, 4.69) is 0 Å². The molecule has 4 aromatic carbocycles. The van der Waals surface area contributed by atoms with Crippen LogP contribution in [0.25, 0.3) is 33.5 Å². The fourth-order valence-corrected chi connectivity index (χ4v) is 5.08. The maximum absolute atomic E-state index is 13.4. The molecule has 37 heavy (non-hydrogen) atoms. The summed E-state index contributed by atoms with van der Waals surface area (Å²) in [5.41, 5.74) is 5.59. The summed E-state index contributed by atoms with van der Waals surface area (Å²) in [7, 11) is 0. The Kier molecular flexibility index (Phi) is 5.99. The molecule has 5 heteroatoms. The normalized spacial score (nSPS) is 15.0. The van der Waals surface area contributed by atoms with Crippen molar-refractivity contribution in [3.8, 4) is 22.5 Å². The number of hydrogen-bond donors (Lipinski definition) is 1. The topological polar surface area (TPSA) is 66.3 Å². The van der Waals surface area contributed by atoms with Crippen LogP contribution < -0.4 is 0 Å². The number of hydrogen-bond acceptors (Lipinski definition) is 4. The van der Waals surface area contributed by atoms with Gasteiger partial charge in [0.05, 0.1) is 28.0 Å². The van der Waals surface area contributed by atoms with E-state index in [1.54, 1.807) is 0 Å². The lowest BCUT2D eigenvalue weighted by atomic mass is 9.84. The average Bonchev–Trinajstić information content (AvgIpc) is 2.97. The molecule has 0 unspecified atom stereocenters. The molecule has 0 spiro atoms. The van der Waals surface area contributed by atoms with Gasteiger partial charge in [-0.3, -0.25) is 4.79 Å². The van der Waals surface area contributed by atoms with Crippen LogP contribution in [0.2, 0.25) is 0 Å². The molecule has 5 aromatic rings. The van der Waals surface area contributed by atoms with Crippen molar-refractivity contribution in [2.24, 2.45) is 0 Å². The molecule has 2 heterocycles. The minimum atomic E-state index is -0.897. The number of nitrogens with zero attached hydrogens (tertiary/aromatic N) is 3. The molecule has 0 bridgehead atoms. The minimum Gasteiger partial charge on any atom is -0.385 e. The zero-order chi connectivity index (χ0) is 25.2. The van der Waals surface area contributed by atoms with Crippen molar-refractivity contribution in [2.75, 3.05) is 13.1 Å². The summed E-state index contributed by atoms with van der Waals surface area (Å²) in [4.78, 5) is 25.2. The molecule has 1 fully saturated rings. The van der Waals surface area contributed by atoms with E-state index in [0.717, 1.165) is 33.6 Å². The van der Waals surface area contributed by atoms with Crippen LogP contribution in [0.15, 0.2) is 109 Å². The van der Waals surface area contributed by atoms with Crippen LogP contribution >= 0.6 is 0 Å². The first-order valence-corrected chi connectivity index (χ1v) is 12.6. The van der Waals surface area contributed by atoms with Crippen molar-refractivity contribution in [2.45, 2.75) is 18.4 Å². The van der Waals surface area contributed by atoms with Crippen molar-refractivity contribution < 1.29 is 9.90 Å². The lowest BCUT2D eigenvalue weighted by Crippen LogP contribution is -2.45. The van der Waals surface area contributed by atoms with Crippen molar-refractivity contribution >= 4 is 16.9 Å². The molecular weight excluding hydrogens is 458 g/mol. The lowest BCUT2D eigenvalue weighted by molar-refractivity contribution is -0.0211. The zero-order valence-corrected chi connectivity index (χ0v) is 20.4. The van der Waals surface area contributed by atoms with Crippen LogP contribution in [-0.4, -0.2) is 39.0 Å². The number of aliphatic hydroxyl groups is 1. The number of rotatable bonds is 4. The third-order valence-electron chi connectivity index (χ3n) is 7.19. The van der Waals surface area contributed by atoms with Gasteiger partial charge in [-0.1, -0.05) is 91.0 Å². The van der Waals surface area contributed by atoms with Gasteiger partial charge in [-0.25, -0.2) is 9.97 Å². The Balaban J connectivity index is 1.32. The predicted molar refractivity (Wildman–Crippen MR) is 146 cm³/mol. The molecule has 5 nitrogen and oxygen atoms in total. The molecule has 6 rings (SSSR count). The van der Waals surface area contributed by atoms with Gasteiger partial charge in [0.2, 0.25) is 0 Å². The fourth-order valence-electron chi connectivity index (χ4n) is 5.08. The maximum Gasteiger partial charge on any atom is 0.253 e. The number of carbonyl (C=O) groups is 1. The van der Waals surface area contributed by atoms with E-state index >= 15 is 0 Å². The third kappa shape index (κ3) is 4.50. The Labute approximate surface area is 216 Å². The van der Waals surface area contributed by atoms with Gasteiger partial charge in [0.15, 0.2) is 0 Å². The Morgan fingerprint density at radius 3 is 1.76 bits per heavy atom. The number of piperidine rings is 1. The highest BCUT2D eigenvalue weighted by molar-refractivity contribution is 5.98. The Morgan fingerprint density at radius 2 is 1.19 bits per heavy atom. The van der Waals surface area contributed by atoms with E-state index in [1.165, 1.54) is 0 Å². The largest absolute Gasteiger partial charge is 0.385 e. The van der Waals surface area contributed by atoms with Crippen LogP contribution in [0.3, 0.4) is 0 Å². The number of carbonyl (C=O) groups excluding carboxylic acids is 1. The van der Waals surface area contributed by atoms with Gasteiger partial charge < -0.3 is 10.0 Å². The maximum atomic E-state index is 13.4. The van der Waals surface area contributed by atoms with Gasteiger partial charge in [0.1, 0.15) is 0 Å². The molecule has 182 valence electrons. The van der Waals surface area contributed by atoms with Gasteiger partial charge >= 0.3 is 0 Å². The quantitative estimate of drug-likeness (QED) is 0.335. The Bertz CT molecular complexity index is 1550. The fraction of sp³-hybridized carbons (Fsp3) is 0.156. The highest BCUT2D eigenvalue weighted by Crippen LogP contribution is 2.34. The molecular formula is C32H27N3O2. The first-order valence-electron chi connectivity index (χ1n) is 12.6. The molecule has 1 amide bonds. The number of fused-ring (bicyclic) bond motifs is 1. The summed E-state index contributed by atoms with van der Waals surface area (Å²) < 4.78 is 0. The molecule has 1 saturated heterocycles. The van der Waals surface area contributed by atoms with Crippen LogP contribution in [0.4, 0.5) is 0 Å². The number of benzene rings is 4. The summed E-state index contributed by atoms with van der Waals surface area (Å²) >= 11 is 0. The molecule has 1 aliphatic heterocycles.